The Labute approximate surface area is 155 Å². The average Bonchev–Trinajstić information content (AvgIpc) is 3.04. The van der Waals surface area contributed by atoms with Gasteiger partial charge in [-0.15, -0.1) is 0 Å². The molecule has 0 amide bonds. The minimum Gasteiger partial charge on any atom is -0.390 e. The van der Waals surface area contributed by atoms with E-state index < -0.39 is 48.1 Å². The highest BCUT2D eigenvalue weighted by Crippen LogP contribution is 2.34. The highest BCUT2D eigenvalue weighted by atomic mass is 35.5. The summed E-state index contributed by atoms with van der Waals surface area (Å²) >= 11 is 5.91. The van der Waals surface area contributed by atoms with Crippen molar-refractivity contribution in [2.45, 2.75) is 57.0 Å². The molecule has 13 heteroatoms. The van der Waals surface area contributed by atoms with Crippen LogP contribution in [0.2, 0.25) is 5.15 Å². The van der Waals surface area contributed by atoms with E-state index in [4.69, 9.17) is 22.1 Å². The number of fused-ring (bicyclic) bond motifs is 1. The van der Waals surface area contributed by atoms with Gasteiger partial charge in [0.25, 0.3) is 0 Å². The minimum absolute atomic E-state index is 0.00758. The Balaban J connectivity index is 2.19. The van der Waals surface area contributed by atoms with E-state index >= 15 is 0 Å². The summed E-state index contributed by atoms with van der Waals surface area (Å²) in [5.74, 6) is -0.358. The molecule has 1 aliphatic heterocycles. The van der Waals surface area contributed by atoms with Gasteiger partial charge < -0.3 is 20.7 Å². The molecule has 1 fully saturated rings. The zero-order valence-corrected chi connectivity index (χ0v) is 14.8. The fourth-order valence-electron chi connectivity index (χ4n) is 3.13. The van der Waals surface area contributed by atoms with Crippen LogP contribution in [-0.2, 0) is 11.3 Å². The molecule has 1 saturated heterocycles. The lowest BCUT2D eigenvalue weighted by atomic mass is 10.1. The van der Waals surface area contributed by atoms with Crippen molar-refractivity contribution in [3.05, 3.63) is 15.6 Å². The first-order valence-corrected chi connectivity index (χ1v) is 8.43. The van der Waals surface area contributed by atoms with E-state index in [9.17, 15) is 28.2 Å². The SMILES string of the molecule is CC[C@H](O)[C@@H]1C[C@@H](O)[C@H](n2c(=O)n(CC(F)(F)F)c3c(Cl)nc(N)nc32)O1. The second-order valence-electron chi connectivity index (χ2n) is 6.24. The molecule has 4 N–H and O–H groups in total. The summed E-state index contributed by atoms with van der Waals surface area (Å²) in [6.07, 6.45) is -8.71. The number of hydrogen-bond acceptors (Lipinski definition) is 7. The van der Waals surface area contributed by atoms with Crippen LogP contribution in [0.3, 0.4) is 0 Å². The van der Waals surface area contributed by atoms with Crippen molar-refractivity contribution in [3.8, 4) is 0 Å². The molecule has 9 nitrogen and oxygen atoms in total. The van der Waals surface area contributed by atoms with Gasteiger partial charge in [0, 0.05) is 6.42 Å². The van der Waals surface area contributed by atoms with E-state index in [1.165, 1.54) is 0 Å². The largest absolute Gasteiger partial charge is 0.406 e. The molecule has 0 aliphatic carbocycles. The van der Waals surface area contributed by atoms with Gasteiger partial charge in [-0.2, -0.15) is 23.1 Å². The van der Waals surface area contributed by atoms with Gasteiger partial charge in [-0.3, -0.25) is 4.57 Å². The zero-order chi connectivity index (χ0) is 20.1. The number of hydrogen-bond donors (Lipinski definition) is 3. The Morgan fingerprint density at radius 1 is 1.44 bits per heavy atom. The molecule has 0 unspecified atom stereocenters. The quantitative estimate of drug-likeness (QED) is 0.635. The molecule has 3 rings (SSSR count). The first kappa shape index (κ1) is 19.9. The fourth-order valence-corrected chi connectivity index (χ4v) is 3.40. The summed E-state index contributed by atoms with van der Waals surface area (Å²) < 4.78 is 45.5. The van der Waals surface area contributed by atoms with Gasteiger partial charge in [0.05, 0.1) is 12.2 Å². The van der Waals surface area contributed by atoms with E-state index in [1.807, 2.05) is 0 Å². The maximum atomic E-state index is 12.9. The number of aromatic nitrogens is 4. The zero-order valence-electron chi connectivity index (χ0n) is 14.0. The number of rotatable bonds is 4. The van der Waals surface area contributed by atoms with E-state index in [2.05, 4.69) is 9.97 Å². The molecular weight excluding hydrogens is 395 g/mol. The van der Waals surface area contributed by atoms with Crippen molar-refractivity contribution in [2.75, 3.05) is 5.73 Å². The number of aliphatic hydroxyl groups excluding tert-OH is 2. The molecule has 0 radical (unpaired) electrons. The predicted octanol–water partition coefficient (Wildman–Crippen LogP) is 0.810. The minimum atomic E-state index is -4.72. The van der Waals surface area contributed by atoms with Gasteiger partial charge in [0.15, 0.2) is 17.0 Å². The molecule has 0 bridgehead atoms. The second-order valence-corrected chi connectivity index (χ2v) is 6.60. The number of nitrogens with zero attached hydrogens (tertiary/aromatic N) is 4. The summed E-state index contributed by atoms with van der Waals surface area (Å²) in [4.78, 5) is 20.1. The van der Waals surface area contributed by atoms with Crippen LogP contribution in [0.5, 0.6) is 0 Å². The van der Waals surface area contributed by atoms with Crippen LogP contribution < -0.4 is 11.4 Å². The number of ether oxygens (including phenoxy) is 1. The van der Waals surface area contributed by atoms with Gasteiger partial charge in [-0.25, -0.2) is 9.36 Å². The normalized spacial score (nSPS) is 24.6. The Morgan fingerprint density at radius 3 is 2.70 bits per heavy atom. The summed E-state index contributed by atoms with van der Waals surface area (Å²) in [6.45, 7) is 0.0644. The molecule has 27 heavy (non-hydrogen) atoms. The molecule has 4 atom stereocenters. The molecule has 0 spiro atoms. The summed E-state index contributed by atoms with van der Waals surface area (Å²) in [6, 6.07) is 0. The van der Waals surface area contributed by atoms with Crippen LogP contribution in [0.4, 0.5) is 19.1 Å². The van der Waals surface area contributed by atoms with E-state index in [0.29, 0.717) is 11.0 Å². The van der Waals surface area contributed by atoms with E-state index in [1.54, 1.807) is 6.92 Å². The van der Waals surface area contributed by atoms with Gasteiger partial charge in [-0.1, -0.05) is 18.5 Å². The summed E-state index contributed by atoms with van der Waals surface area (Å²) in [5.41, 5.74) is 3.71. The molecule has 0 aromatic carbocycles. The predicted molar refractivity (Wildman–Crippen MR) is 88.1 cm³/mol. The highest BCUT2D eigenvalue weighted by Gasteiger charge is 2.41. The monoisotopic (exact) mass is 411 g/mol. The molecule has 0 saturated carbocycles. The van der Waals surface area contributed by atoms with Crippen LogP contribution in [0.25, 0.3) is 11.2 Å². The molecule has 3 heterocycles. The standard InChI is InChI=1S/C14H17ClF3N5O4/c1-2-5(24)7-3-6(25)11(27-7)23-10-8(9(15)20-12(19)21-10)22(13(23)26)4-14(16,17)18/h5-7,11,24-25H,2-4H2,1H3,(H2,19,20,21)/t5-,6+,7-,11+/m0/s1. The second kappa shape index (κ2) is 6.93. The van der Waals surface area contributed by atoms with Crippen molar-refractivity contribution in [2.24, 2.45) is 0 Å². The van der Waals surface area contributed by atoms with Crippen molar-refractivity contribution in [3.63, 3.8) is 0 Å². The van der Waals surface area contributed by atoms with Crippen molar-refractivity contribution < 1.29 is 28.1 Å². The van der Waals surface area contributed by atoms with Crippen molar-refractivity contribution in [1.82, 2.24) is 19.1 Å². The maximum Gasteiger partial charge on any atom is 0.406 e. The molecule has 2 aromatic heterocycles. The smallest absolute Gasteiger partial charge is 0.390 e. The van der Waals surface area contributed by atoms with Crippen LogP contribution in [0.1, 0.15) is 26.0 Å². The lowest BCUT2D eigenvalue weighted by Crippen LogP contribution is -2.34. The lowest BCUT2D eigenvalue weighted by molar-refractivity contribution is -0.140. The Morgan fingerprint density at radius 2 is 2.11 bits per heavy atom. The Hall–Kier alpha value is -1.89. The van der Waals surface area contributed by atoms with Gasteiger partial charge in [-0.05, 0) is 6.42 Å². The maximum absolute atomic E-state index is 12.9. The van der Waals surface area contributed by atoms with Crippen LogP contribution in [-0.4, -0.2) is 53.8 Å². The number of aliphatic hydroxyl groups is 2. The first-order chi connectivity index (χ1) is 12.5. The van der Waals surface area contributed by atoms with E-state index in [0.717, 1.165) is 4.57 Å². The van der Waals surface area contributed by atoms with Gasteiger partial charge in [0.2, 0.25) is 5.95 Å². The number of nitrogens with two attached hydrogens (primary N) is 1. The van der Waals surface area contributed by atoms with Crippen LogP contribution in [0, 0.1) is 0 Å². The molecule has 1 aliphatic rings. The number of alkyl halides is 3. The first-order valence-electron chi connectivity index (χ1n) is 8.05. The van der Waals surface area contributed by atoms with Gasteiger partial charge in [0.1, 0.15) is 18.2 Å². The third-order valence-electron chi connectivity index (χ3n) is 4.33. The molecule has 150 valence electrons. The topological polar surface area (TPSA) is 128 Å². The highest BCUT2D eigenvalue weighted by molar-refractivity contribution is 6.33. The summed E-state index contributed by atoms with van der Waals surface area (Å²) in [5, 5.41) is 19.8. The molecule has 2 aromatic rings. The fraction of sp³-hybridized carbons (Fsp3) is 0.643. The Bertz CT molecular complexity index is 915. The average molecular weight is 412 g/mol. The van der Waals surface area contributed by atoms with Gasteiger partial charge >= 0.3 is 11.9 Å². The van der Waals surface area contributed by atoms with E-state index in [-0.39, 0.29) is 23.5 Å². The van der Waals surface area contributed by atoms with Crippen LogP contribution in [0.15, 0.2) is 4.79 Å². The number of halogens is 4. The summed E-state index contributed by atoms with van der Waals surface area (Å²) in [7, 11) is 0. The Kier molecular flexibility index (Phi) is 5.10. The molecular formula is C14H17ClF3N5O4. The number of anilines is 1. The van der Waals surface area contributed by atoms with Crippen molar-refractivity contribution >= 4 is 28.7 Å². The van der Waals surface area contributed by atoms with Crippen LogP contribution >= 0.6 is 11.6 Å². The number of nitrogen functional groups attached to an aromatic ring is 1. The third-order valence-corrected chi connectivity index (χ3v) is 4.60. The van der Waals surface area contributed by atoms with Crippen molar-refractivity contribution in [1.29, 1.82) is 0 Å². The lowest BCUT2D eigenvalue weighted by Gasteiger charge is -2.18. The third kappa shape index (κ3) is 3.61. The number of imidazole rings is 1.